The van der Waals surface area contributed by atoms with E-state index in [0.29, 0.717) is 5.56 Å². The van der Waals surface area contributed by atoms with E-state index in [0.717, 1.165) is 47.5 Å². The molecule has 0 amide bonds. The van der Waals surface area contributed by atoms with Crippen molar-refractivity contribution in [3.8, 4) is 22.9 Å². The van der Waals surface area contributed by atoms with Gasteiger partial charge >= 0.3 is 12.1 Å². The van der Waals surface area contributed by atoms with E-state index in [1.807, 2.05) is 36.7 Å². The quantitative estimate of drug-likeness (QED) is 0.353. The lowest BCUT2D eigenvalue weighted by molar-refractivity contribution is -0.192. The number of imidazole rings is 1. The SMILES string of the molecule is CCN(CC)Cc1ccc(-c2cc(C#N)cc3ncn(-c4ccccc4)c23)cc1.O=C(O)C(F)(F)F. The molecule has 0 saturated heterocycles. The normalized spacial score (nSPS) is 11.1. The number of rotatable bonds is 6. The van der Waals surface area contributed by atoms with Gasteiger partial charge in [0.05, 0.1) is 22.7 Å². The Balaban J connectivity index is 0.000000454. The maximum atomic E-state index is 10.6. The van der Waals surface area contributed by atoms with Crippen LogP contribution in [0.4, 0.5) is 13.2 Å². The van der Waals surface area contributed by atoms with Gasteiger partial charge in [-0.2, -0.15) is 18.4 Å². The summed E-state index contributed by atoms with van der Waals surface area (Å²) in [6.07, 6.45) is -3.25. The first-order chi connectivity index (χ1) is 17.2. The van der Waals surface area contributed by atoms with E-state index in [-0.39, 0.29) is 0 Å². The number of alkyl halides is 3. The van der Waals surface area contributed by atoms with E-state index < -0.39 is 12.1 Å². The van der Waals surface area contributed by atoms with E-state index in [1.165, 1.54) is 5.56 Å². The Bertz CT molecular complexity index is 1350. The minimum Gasteiger partial charge on any atom is -0.475 e. The van der Waals surface area contributed by atoms with Crippen molar-refractivity contribution in [1.29, 1.82) is 5.26 Å². The molecule has 9 heteroatoms. The molecule has 0 aliphatic rings. The van der Waals surface area contributed by atoms with E-state index in [1.54, 1.807) is 0 Å². The monoisotopic (exact) mass is 494 g/mol. The molecule has 1 N–H and O–H groups in total. The lowest BCUT2D eigenvalue weighted by Gasteiger charge is -2.18. The molecule has 6 nitrogen and oxygen atoms in total. The predicted octanol–water partition coefficient (Wildman–Crippen LogP) is 6.04. The third-order valence-electron chi connectivity index (χ3n) is 5.61. The summed E-state index contributed by atoms with van der Waals surface area (Å²) in [5, 5.41) is 16.6. The van der Waals surface area contributed by atoms with Gasteiger partial charge in [-0.25, -0.2) is 9.78 Å². The van der Waals surface area contributed by atoms with Gasteiger partial charge in [-0.1, -0.05) is 56.3 Å². The highest BCUT2D eigenvalue weighted by Crippen LogP contribution is 2.32. The fourth-order valence-electron chi connectivity index (χ4n) is 3.71. The van der Waals surface area contributed by atoms with Crippen LogP contribution in [-0.2, 0) is 11.3 Å². The molecule has 186 valence electrons. The van der Waals surface area contributed by atoms with Gasteiger partial charge in [0, 0.05) is 17.8 Å². The summed E-state index contributed by atoms with van der Waals surface area (Å²) in [5.74, 6) is -2.76. The van der Waals surface area contributed by atoms with Crippen LogP contribution in [0.2, 0.25) is 0 Å². The van der Waals surface area contributed by atoms with Crippen molar-refractivity contribution < 1.29 is 23.1 Å². The number of hydrogen-bond donors (Lipinski definition) is 1. The minimum absolute atomic E-state index is 0.623. The van der Waals surface area contributed by atoms with Crippen LogP contribution in [0.1, 0.15) is 25.0 Å². The van der Waals surface area contributed by atoms with Crippen LogP contribution in [0.15, 0.2) is 73.1 Å². The molecule has 0 spiro atoms. The Morgan fingerprint density at radius 1 is 1.06 bits per heavy atom. The molecule has 0 aliphatic carbocycles. The molecule has 36 heavy (non-hydrogen) atoms. The number of carboxylic acids is 1. The molecular weight excluding hydrogens is 469 g/mol. The van der Waals surface area contributed by atoms with E-state index in [9.17, 15) is 18.4 Å². The highest BCUT2D eigenvalue weighted by molar-refractivity contribution is 5.94. The van der Waals surface area contributed by atoms with Crippen molar-refractivity contribution >= 4 is 17.0 Å². The van der Waals surface area contributed by atoms with Crippen molar-refractivity contribution in [2.45, 2.75) is 26.6 Å². The van der Waals surface area contributed by atoms with E-state index >= 15 is 0 Å². The number of aromatic nitrogens is 2. The summed E-state index contributed by atoms with van der Waals surface area (Å²) >= 11 is 0. The van der Waals surface area contributed by atoms with Gasteiger partial charge in [-0.15, -0.1) is 0 Å². The molecular formula is C27H25F3N4O2. The summed E-state index contributed by atoms with van der Waals surface area (Å²) in [7, 11) is 0. The first-order valence-corrected chi connectivity index (χ1v) is 11.3. The minimum atomic E-state index is -5.08. The van der Waals surface area contributed by atoms with Gasteiger partial charge in [0.2, 0.25) is 0 Å². The first kappa shape index (κ1) is 26.4. The lowest BCUT2D eigenvalue weighted by atomic mass is 9.99. The zero-order valence-electron chi connectivity index (χ0n) is 19.8. The topological polar surface area (TPSA) is 82.2 Å². The fourth-order valence-corrected chi connectivity index (χ4v) is 3.71. The van der Waals surface area contributed by atoms with Crippen molar-refractivity contribution in [3.63, 3.8) is 0 Å². The van der Waals surface area contributed by atoms with Crippen molar-refractivity contribution in [2.75, 3.05) is 13.1 Å². The highest BCUT2D eigenvalue weighted by atomic mass is 19.4. The zero-order chi connectivity index (χ0) is 26.3. The highest BCUT2D eigenvalue weighted by Gasteiger charge is 2.38. The fraction of sp³-hybridized carbons (Fsp3) is 0.222. The summed E-state index contributed by atoms with van der Waals surface area (Å²) in [4.78, 5) is 15.9. The zero-order valence-corrected chi connectivity index (χ0v) is 19.8. The molecule has 4 aromatic rings. The van der Waals surface area contributed by atoms with Crippen LogP contribution < -0.4 is 0 Å². The number of aliphatic carboxylic acids is 1. The Labute approximate surface area is 206 Å². The molecule has 0 fully saturated rings. The average Bonchev–Trinajstić information content (AvgIpc) is 3.31. The smallest absolute Gasteiger partial charge is 0.475 e. The lowest BCUT2D eigenvalue weighted by Crippen LogP contribution is -2.21. The van der Waals surface area contributed by atoms with Gasteiger partial charge in [0.1, 0.15) is 6.33 Å². The average molecular weight is 495 g/mol. The van der Waals surface area contributed by atoms with Crippen LogP contribution >= 0.6 is 0 Å². The molecule has 0 radical (unpaired) electrons. The Kier molecular flexibility index (Phi) is 8.46. The maximum Gasteiger partial charge on any atom is 0.490 e. The Morgan fingerprint density at radius 2 is 1.67 bits per heavy atom. The second kappa shape index (κ2) is 11.5. The van der Waals surface area contributed by atoms with Gasteiger partial charge in [0.15, 0.2) is 0 Å². The molecule has 0 bridgehead atoms. The Morgan fingerprint density at radius 3 is 2.19 bits per heavy atom. The summed E-state index contributed by atoms with van der Waals surface area (Å²) in [6.45, 7) is 7.40. The molecule has 0 unspecified atom stereocenters. The molecule has 1 aromatic heterocycles. The van der Waals surface area contributed by atoms with Gasteiger partial charge < -0.3 is 5.11 Å². The number of carboxylic acid groups (broad SMARTS) is 1. The molecule has 0 aliphatic heterocycles. The summed E-state index contributed by atoms with van der Waals surface area (Å²) < 4.78 is 33.8. The van der Waals surface area contributed by atoms with Crippen molar-refractivity contribution in [3.05, 3.63) is 84.2 Å². The molecule has 1 heterocycles. The second-order valence-corrected chi connectivity index (χ2v) is 7.91. The van der Waals surface area contributed by atoms with E-state index in [4.69, 9.17) is 9.90 Å². The van der Waals surface area contributed by atoms with Gasteiger partial charge in [-0.3, -0.25) is 9.47 Å². The molecule has 4 rings (SSSR count). The van der Waals surface area contributed by atoms with Crippen molar-refractivity contribution in [2.24, 2.45) is 0 Å². The molecule has 0 saturated carbocycles. The summed E-state index contributed by atoms with van der Waals surface area (Å²) in [6, 6.07) is 24.9. The standard InChI is InChI=1S/C25H24N4.C2HF3O2/c1-3-28(4-2)17-19-10-12-21(13-11-19)23-14-20(16-26)15-24-25(23)29(18-27-24)22-8-6-5-7-9-22;3-2(4,5)1(6)7/h5-15,18H,3-4,17H2,1-2H3;(H,6,7). The number of halogens is 3. The summed E-state index contributed by atoms with van der Waals surface area (Å²) in [5.41, 5.74) is 6.93. The first-order valence-electron chi connectivity index (χ1n) is 11.3. The van der Waals surface area contributed by atoms with E-state index in [2.05, 4.69) is 70.8 Å². The van der Waals surface area contributed by atoms with Crippen LogP contribution in [-0.4, -0.2) is 44.8 Å². The molecule has 0 atom stereocenters. The maximum absolute atomic E-state index is 10.6. The van der Waals surface area contributed by atoms with Gasteiger partial charge in [0.25, 0.3) is 0 Å². The van der Waals surface area contributed by atoms with Crippen LogP contribution in [0, 0.1) is 11.3 Å². The van der Waals surface area contributed by atoms with Gasteiger partial charge in [-0.05, 0) is 48.5 Å². The number of carbonyl (C=O) groups is 1. The Hall–Kier alpha value is -4.16. The number of para-hydroxylation sites is 1. The number of fused-ring (bicyclic) bond motifs is 1. The number of benzene rings is 3. The third kappa shape index (κ3) is 6.29. The van der Waals surface area contributed by atoms with Crippen LogP contribution in [0.3, 0.4) is 0 Å². The number of hydrogen-bond acceptors (Lipinski definition) is 4. The van der Waals surface area contributed by atoms with Crippen molar-refractivity contribution in [1.82, 2.24) is 14.5 Å². The second-order valence-electron chi connectivity index (χ2n) is 7.91. The molecule has 3 aromatic carbocycles. The number of nitrogens with zero attached hydrogens (tertiary/aromatic N) is 4. The predicted molar refractivity (Wildman–Crippen MR) is 132 cm³/mol. The number of nitriles is 1. The van der Waals surface area contributed by atoms with Crippen LogP contribution in [0.25, 0.3) is 27.8 Å². The largest absolute Gasteiger partial charge is 0.490 e. The van der Waals surface area contributed by atoms with Crippen LogP contribution in [0.5, 0.6) is 0 Å². The third-order valence-corrected chi connectivity index (χ3v) is 5.61.